The number of fused-ring (bicyclic) bond motifs is 1. The zero-order chi connectivity index (χ0) is 18.8. The van der Waals surface area contributed by atoms with E-state index in [1.54, 1.807) is 0 Å². The molecule has 0 fully saturated rings. The van der Waals surface area contributed by atoms with E-state index in [0.717, 1.165) is 23.8 Å². The van der Waals surface area contributed by atoms with E-state index >= 15 is 0 Å². The molecular formula is C23H14I2O2. The predicted octanol–water partition coefficient (Wildman–Crippen LogP) is 7.07. The summed E-state index contributed by atoms with van der Waals surface area (Å²) in [6.07, 6.45) is 0. The van der Waals surface area contributed by atoms with Crippen molar-refractivity contribution < 1.29 is 9.53 Å². The summed E-state index contributed by atoms with van der Waals surface area (Å²) >= 11 is 4.42. The normalized spacial score (nSPS) is 10.7. The molecule has 4 heteroatoms. The molecule has 0 heterocycles. The van der Waals surface area contributed by atoms with Gasteiger partial charge < -0.3 is 4.74 Å². The summed E-state index contributed by atoms with van der Waals surface area (Å²) in [4.78, 5) is 12.8. The van der Waals surface area contributed by atoms with Crippen LogP contribution in [-0.2, 0) is 0 Å². The van der Waals surface area contributed by atoms with Crippen molar-refractivity contribution in [3.8, 4) is 11.5 Å². The van der Waals surface area contributed by atoms with Crippen LogP contribution in [0.2, 0.25) is 0 Å². The lowest BCUT2D eigenvalue weighted by Crippen LogP contribution is -2.04. The first-order valence-corrected chi connectivity index (χ1v) is 10.5. The molecular weight excluding hydrogens is 562 g/mol. The van der Waals surface area contributed by atoms with Gasteiger partial charge in [-0.1, -0.05) is 30.3 Å². The average molecular weight is 576 g/mol. The largest absolute Gasteiger partial charge is 0.457 e. The smallest absolute Gasteiger partial charge is 0.194 e. The maximum absolute atomic E-state index is 12.8. The molecule has 4 aromatic rings. The Hall–Kier alpha value is -1.93. The van der Waals surface area contributed by atoms with Crippen LogP contribution in [0.25, 0.3) is 10.8 Å². The molecule has 0 bridgehead atoms. The molecule has 0 saturated carbocycles. The quantitative estimate of drug-likeness (QED) is 0.192. The van der Waals surface area contributed by atoms with Crippen molar-refractivity contribution in [1.29, 1.82) is 0 Å². The summed E-state index contributed by atoms with van der Waals surface area (Å²) < 4.78 is 7.96. The number of ether oxygens (including phenoxy) is 1. The molecule has 0 atom stereocenters. The Kier molecular flexibility index (Phi) is 5.45. The highest BCUT2D eigenvalue weighted by atomic mass is 127. The SMILES string of the molecule is O=C(c1ccc(Oc2ccc3ccccc3c2)cc1)c1cc(I)ccc1I. The molecule has 0 N–H and O–H groups in total. The molecule has 0 unspecified atom stereocenters. The molecule has 0 radical (unpaired) electrons. The summed E-state index contributed by atoms with van der Waals surface area (Å²) in [6, 6.07) is 27.4. The van der Waals surface area contributed by atoms with Gasteiger partial charge in [-0.3, -0.25) is 4.79 Å². The van der Waals surface area contributed by atoms with E-state index in [1.165, 1.54) is 5.39 Å². The fraction of sp³-hybridized carbons (Fsp3) is 0. The number of carbonyl (C=O) groups is 1. The Bertz CT molecular complexity index is 1130. The summed E-state index contributed by atoms with van der Waals surface area (Å²) in [7, 11) is 0. The van der Waals surface area contributed by atoms with Crippen LogP contribution in [0.3, 0.4) is 0 Å². The number of halogens is 2. The van der Waals surface area contributed by atoms with Gasteiger partial charge in [0.2, 0.25) is 0 Å². The molecule has 0 spiro atoms. The highest BCUT2D eigenvalue weighted by Crippen LogP contribution is 2.27. The van der Waals surface area contributed by atoms with Crippen molar-refractivity contribution in [2.24, 2.45) is 0 Å². The molecule has 0 aliphatic rings. The van der Waals surface area contributed by atoms with Gasteiger partial charge in [-0.15, -0.1) is 0 Å². The van der Waals surface area contributed by atoms with Gasteiger partial charge in [-0.25, -0.2) is 0 Å². The lowest BCUT2D eigenvalue weighted by molar-refractivity contribution is 0.103. The zero-order valence-electron chi connectivity index (χ0n) is 14.2. The van der Waals surface area contributed by atoms with Crippen molar-refractivity contribution >= 4 is 61.7 Å². The molecule has 2 nitrogen and oxygen atoms in total. The minimum absolute atomic E-state index is 0.0233. The topological polar surface area (TPSA) is 26.3 Å². The fourth-order valence-corrected chi connectivity index (χ4v) is 3.94. The van der Waals surface area contributed by atoms with Crippen LogP contribution in [-0.4, -0.2) is 5.78 Å². The van der Waals surface area contributed by atoms with Gasteiger partial charge in [0.05, 0.1) is 0 Å². The first-order chi connectivity index (χ1) is 13.1. The molecule has 0 aromatic heterocycles. The summed E-state index contributed by atoms with van der Waals surface area (Å²) in [5.41, 5.74) is 1.38. The van der Waals surface area contributed by atoms with Gasteiger partial charge in [0.15, 0.2) is 5.78 Å². The number of carbonyl (C=O) groups excluding carboxylic acids is 1. The molecule has 0 amide bonds. The van der Waals surface area contributed by atoms with Crippen molar-refractivity contribution in [3.05, 3.63) is 103 Å². The van der Waals surface area contributed by atoms with Crippen LogP contribution < -0.4 is 4.74 Å². The Morgan fingerprint density at radius 1 is 0.704 bits per heavy atom. The summed E-state index contributed by atoms with van der Waals surface area (Å²) in [5.74, 6) is 1.51. The molecule has 27 heavy (non-hydrogen) atoms. The van der Waals surface area contributed by atoms with Crippen LogP contribution in [0.1, 0.15) is 15.9 Å². The third-order valence-electron chi connectivity index (χ3n) is 4.25. The van der Waals surface area contributed by atoms with Crippen molar-refractivity contribution in [3.63, 3.8) is 0 Å². The van der Waals surface area contributed by atoms with E-state index < -0.39 is 0 Å². The number of rotatable bonds is 4. The molecule has 4 aromatic carbocycles. The van der Waals surface area contributed by atoms with Gasteiger partial charge in [-0.2, -0.15) is 0 Å². The third kappa shape index (κ3) is 4.16. The predicted molar refractivity (Wildman–Crippen MR) is 126 cm³/mol. The first kappa shape index (κ1) is 18.4. The Morgan fingerprint density at radius 3 is 2.19 bits per heavy atom. The van der Waals surface area contributed by atoms with Crippen LogP contribution in [0.5, 0.6) is 11.5 Å². The monoisotopic (exact) mass is 576 g/mol. The van der Waals surface area contributed by atoms with Gasteiger partial charge in [0.25, 0.3) is 0 Å². The van der Waals surface area contributed by atoms with E-state index in [9.17, 15) is 4.79 Å². The van der Waals surface area contributed by atoms with E-state index in [1.807, 2.05) is 72.8 Å². The molecule has 0 aliphatic carbocycles. The first-order valence-electron chi connectivity index (χ1n) is 8.37. The second kappa shape index (κ2) is 7.98. The van der Waals surface area contributed by atoms with E-state index in [0.29, 0.717) is 11.3 Å². The summed E-state index contributed by atoms with van der Waals surface area (Å²) in [5, 5.41) is 2.31. The fourth-order valence-electron chi connectivity index (χ4n) is 2.87. The molecule has 0 saturated heterocycles. The van der Waals surface area contributed by atoms with Crippen LogP contribution in [0.15, 0.2) is 84.9 Å². The lowest BCUT2D eigenvalue weighted by atomic mass is 10.0. The van der Waals surface area contributed by atoms with E-state index in [4.69, 9.17) is 4.74 Å². The Morgan fingerprint density at radius 2 is 1.41 bits per heavy atom. The maximum atomic E-state index is 12.8. The Balaban J connectivity index is 1.56. The average Bonchev–Trinajstić information content (AvgIpc) is 2.70. The highest BCUT2D eigenvalue weighted by molar-refractivity contribution is 14.1. The second-order valence-corrected chi connectivity index (χ2v) is 8.50. The minimum Gasteiger partial charge on any atom is -0.457 e. The van der Waals surface area contributed by atoms with Crippen LogP contribution in [0, 0.1) is 7.14 Å². The number of ketones is 1. The summed E-state index contributed by atoms with van der Waals surface area (Å²) in [6.45, 7) is 0. The third-order valence-corrected chi connectivity index (χ3v) is 5.86. The van der Waals surface area contributed by atoms with Crippen molar-refractivity contribution in [2.45, 2.75) is 0 Å². The van der Waals surface area contributed by atoms with Crippen LogP contribution in [0.4, 0.5) is 0 Å². The number of hydrogen-bond acceptors (Lipinski definition) is 2. The standard InChI is InChI=1S/C23H14I2O2/c24-18-8-12-22(25)21(14-18)23(26)16-6-9-19(10-7-16)27-20-11-5-15-3-1-2-4-17(15)13-20/h1-14H. The number of hydrogen-bond donors (Lipinski definition) is 0. The zero-order valence-corrected chi connectivity index (χ0v) is 18.5. The minimum atomic E-state index is 0.0233. The Labute approximate surface area is 184 Å². The van der Waals surface area contributed by atoms with Gasteiger partial charge in [0, 0.05) is 18.3 Å². The highest BCUT2D eigenvalue weighted by Gasteiger charge is 2.13. The van der Waals surface area contributed by atoms with Crippen molar-refractivity contribution in [2.75, 3.05) is 0 Å². The van der Waals surface area contributed by atoms with Gasteiger partial charge >= 0.3 is 0 Å². The van der Waals surface area contributed by atoms with E-state index in [-0.39, 0.29) is 5.78 Å². The van der Waals surface area contributed by atoms with Crippen molar-refractivity contribution in [1.82, 2.24) is 0 Å². The van der Waals surface area contributed by atoms with Gasteiger partial charge in [-0.05, 0) is 111 Å². The molecule has 4 rings (SSSR count). The molecule has 0 aliphatic heterocycles. The molecule has 132 valence electrons. The van der Waals surface area contributed by atoms with Crippen LogP contribution >= 0.6 is 45.2 Å². The second-order valence-electron chi connectivity index (χ2n) is 6.09. The van der Waals surface area contributed by atoms with Gasteiger partial charge in [0.1, 0.15) is 11.5 Å². The number of benzene rings is 4. The van der Waals surface area contributed by atoms with E-state index in [2.05, 4.69) is 57.3 Å². The lowest BCUT2D eigenvalue weighted by Gasteiger charge is -2.09. The maximum Gasteiger partial charge on any atom is 0.194 e.